The van der Waals surface area contributed by atoms with Crippen LogP contribution in [-0.2, 0) is 17.9 Å². The molecule has 2 aromatic rings. The number of hydrogen-bond acceptors (Lipinski definition) is 6. The first kappa shape index (κ1) is 21.5. The SMILES string of the molecule is CCCn1c(N)c(N2CCCCC2)c(=O)n(CC(=O)Nc2cccc(OC)c2)c1=O. The zero-order valence-electron chi connectivity index (χ0n) is 17.5. The predicted octanol–water partition coefficient (Wildman–Crippen LogP) is 1.64. The Morgan fingerprint density at radius 2 is 1.90 bits per heavy atom. The Morgan fingerprint density at radius 1 is 1.17 bits per heavy atom. The van der Waals surface area contributed by atoms with Crippen LogP contribution in [0.5, 0.6) is 5.75 Å². The van der Waals surface area contributed by atoms with Crippen molar-refractivity contribution in [2.24, 2.45) is 0 Å². The highest BCUT2D eigenvalue weighted by molar-refractivity contribution is 5.90. The molecule has 9 nitrogen and oxygen atoms in total. The fraction of sp³-hybridized carbons (Fsp3) is 0.476. The number of amides is 1. The molecule has 0 bridgehead atoms. The summed E-state index contributed by atoms with van der Waals surface area (Å²) in [5.74, 6) is 0.299. The van der Waals surface area contributed by atoms with Gasteiger partial charge in [-0.15, -0.1) is 0 Å². The van der Waals surface area contributed by atoms with Crippen molar-refractivity contribution in [1.82, 2.24) is 9.13 Å². The highest BCUT2D eigenvalue weighted by atomic mass is 16.5. The Bertz CT molecular complexity index is 1020. The first-order chi connectivity index (χ1) is 14.5. The molecule has 1 aromatic heterocycles. The minimum Gasteiger partial charge on any atom is -0.497 e. The number of anilines is 3. The molecule has 1 saturated heterocycles. The van der Waals surface area contributed by atoms with E-state index >= 15 is 0 Å². The van der Waals surface area contributed by atoms with E-state index in [0.29, 0.717) is 43.2 Å². The summed E-state index contributed by atoms with van der Waals surface area (Å²) in [6.07, 6.45) is 3.70. The summed E-state index contributed by atoms with van der Waals surface area (Å²) in [7, 11) is 1.53. The third-order valence-electron chi connectivity index (χ3n) is 5.22. The molecule has 1 aliphatic heterocycles. The van der Waals surface area contributed by atoms with Crippen molar-refractivity contribution < 1.29 is 9.53 Å². The van der Waals surface area contributed by atoms with Gasteiger partial charge in [0.05, 0.1) is 7.11 Å². The number of nitrogens with one attached hydrogen (secondary N) is 1. The summed E-state index contributed by atoms with van der Waals surface area (Å²) in [5.41, 5.74) is 6.00. The zero-order valence-corrected chi connectivity index (χ0v) is 17.5. The topological polar surface area (TPSA) is 112 Å². The van der Waals surface area contributed by atoms with Gasteiger partial charge in [-0.25, -0.2) is 9.36 Å². The lowest BCUT2D eigenvalue weighted by atomic mass is 10.1. The predicted molar refractivity (Wildman–Crippen MR) is 117 cm³/mol. The maximum Gasteiger partial charge on any atom is 0.333 e. The monoisotopic (exact) mass is 415 g/mol. The highest BCUT2D eigenvalue weighted by Crippen LogP contribution is 2.22. The van der Waals surface area contributed by atoms with E-state index in [1.165, 1.54) is 11.7 Å². The Balaban J connectivity index is 1.96. The molecule has 2 heterocycles. The minimum absolute atomic E-state index is 0.179. The molecule has 1 aliphatic rings. The first-order valence-electron chi connectivity index (χ1n) is 10.3. The lowest BCUT2D eigenvalue weighted by molar-refractivity contribution is -0.116. The molecule has 3 N–H and O–H groups in total. The summed E-state index contributed by atoms with van der Waals surface area (Å²) in [4.78, 5) is 40.7. The third kappa shape index (κ3) is 4.50. The van der Waals surface area contributed by atoms with E-state index < -0.39 is 17.2 Å². The Morgan fingerprint density at radius 3 is 2.57 bits per heavy atom. The average molecular weight is 415 g/mol. The number of nitrogen functional groups attached to an aromatic ring is 1. The van der Waals surface area contributed by atoms with Crippen LogP contribution < -0.4 is 31.9 Å². The Labute approximate surface area is 175 Å². The second-order valence-electron chi connectivity index (χ2n) is 7.39. The van der Waals surface area contributed by atoms with Crippen LogP contribution in [0, 0.1) is 0 Å². The molecule has 1 fully saturated rings. The number of carbonyl (C=O) groups is 1. The summed E-state index contributed by atoms with van der Waals surface area (Å²) in [6.45, 7) is 3.33. The van der Waals surface area contributed by atoms with Crippen molar-refractivity contribution in [3.63, 3.8) is 0 Å². The molecule has 9 heteroatoms. The van der Waals surface area contributed by atoms with Gasteiger partial charge in [0, 0.05) is 31.4 Å². The molecule has 0 atom stereocenters. The molecule has 1 aromatic carbocycles. The smallest absolute Gasteiger partial charge is 0.333 e. The van der Waals surface area contributed by atoms with Crippen LogP contribution in [-0.4, -0.2) is 35.2 Å². The van der Waals surface area contributed by atoms with E-state index in [0.717, 1.165) is 23.8 Å². The van der Waals surface area contributed by atoms with E-state index in [4.69, 9.17) is 10.5 Å². The van der Waals surface area contributed by atoms with Gasteiger partial charge in [0.1, 0.15) is 23.8 Å². The number of carbonyl (C=O) groups excluding carboxylic acids is 1. The van der Waals surface area contributed by atoms with Gasteiger partial charge in [0.15, 0.2) is 0 Å². The van der Waals surface area contributed by atoms with Crippen molar-refractivity contribution >= 4 is 23.1 Å². The highest BCUT2D eigenvalue weighted by Gasteiger charge is 2.24. The van der Waals surface area contributed by atoms with Gasteiger partial charge in [-0.3, -0.25) is 14.2 Å². The number of hydrogen-bond donors (Lipinski definition) is 2. The molecule has 0 radical (unpaired) electrons. The van der Waals surface area contributed by atoms with Crippen LogP contribution in [0.25, 0.3) is 0 Å². The standard InChI is InChI=1S/C21H29N5O4/c1-3-10-25-19(22)18(24-11-5-4-6-12-24)20(28)26(21(25)29)14-17(27)23-15-8-7-9-16(13-15)30-2/h7-9,13H,3-6,10-12,14,22H2,1-2H3,(H,23,27). The molecule has 162 valence electrons. The van der Waals surface area contributed by atoms with Crippen LogP contribution in [0.15, 0.2) is 33.9 Å². The van der Waals surface area contributed by atoms with Crippen LogP contribution in [0.4, 0.5) is 17.2 Å². The van der Waals surface area contributed by atoms with Crippen molar-refractivity contribution in [2.45, 2.75) is 45.7 Å². The molecule has 30 heavy (non-hydrogen) atoms. The van der Waals surface area contributed by atoms with Gasteiger partial charge in [-0.1, -0.05) is 13.0 Å². The largest absolute Gasteiger partial charge is 0.497 e. The number of rotatable bonds is 7. The van der Waals surface area contributed by atoms with Crippen molar-refractivity contribution in [1.29, 1.82) is 0 Å². The second kappa shape index (κ2) is 9.51. The number of nitrogens with two attached hydrogens (primary N) is 1. The molecule has 0 spiro atoms. The van der Waals surface area contributed by atoms with Crippen molar-refractivity contribution in [2.75, 3.05) is 36.1 Å². The number of ether oxygens (including phenoxy) is 1. The lowest BCUT2D eigenvalue weighted by Gasteiger charge is -2.30. The van der Waals surface area contributed by atoms with Crippen LogP contribution >= 0.6 is 0 Å². The van der Waals surface area contributed by atoms with E-state index in [1.807, 2.05) is 11.8 Å². The normalized spacial score (nSPS) is 13.9. The van der Waals surface area contributed by atoms with Crippen molar-refractivity contribution in [3.8, 4) is 5.75 Å². The number of piperidine rings is 1. The fourth-order valence-corrected chi connectivity index (χ4v) is 3.74. The molecule has 0 saturated carbocycles. The fourth-order valence-electron chi connectivity index (χ4n) is 3.74. The summed E-state index contributed by atoms with van der Waals surface area (Å²) >= 11 is 0. The lowest BCUT2D eigenvalue weighted by Crippen LogP contribution is -2.47. The molecule has 0 unspecified atom stereocenters. The van der Waals surface area contributed by atoms with Gasteiger partial charge >= 0.3 is 5.69 Å². The summed E-state index contributed by atoms with van der Waals surface area (Å²) in [5, 5.41) is 2.71. The van der Waals surface area contributed by atoms with E-state index in [-0.39, 0.29) is 12.4 Å². The van der Waals surface area contributed by atoms with Crippen LogP contribution in [0.2, 0.25) is 0 Å². The van der Waals surface area contributed by atoms with Gasteiger partial charge < -0.3 is 20.7 Å². The Hall–Kier alpha value is -3.23. The van der Waals surface area contributed by atoms with Crippen LogP contribution in [0.3, 0.4) is 0 Å². The van der Waals surface area contributed by atoms with Gasteiger partial charge in [0.2, 0.25) is 5.91 Å². The summed E-state index contributed by atoms with van der Waals surface area (Å²) in [6, 6.07) is 6.87. The molecular weight excluding hydrogens is 386 g/mol. The van der Waals surface area contributed by atoms with E-state index in [2.05, 4.69) is 5.32 Å². The number of methoxy groups -OCH3 is 1. The Kier molecular flexibility index (Phi) is 6.81. The third-order valence-corrected chi connectivity index (χ3v) is 5.22. The minimum atomic E-state index is -0.569. The second-order valence-corrected chi connectivity index (χ2v) is 7.39. The summed E-state index contributed by atoms with van der Waals surface area (Å²) < 4.78 is 7.52. The maximum absolute atomic E-state index is 13.2. The van der Waals surface area contributed by atoms with E-state index in [1.54, 1.807) is 24.3 Å². The maximum atomic E-state index is 13.2. The quantitative estimate of drug-likeness (QED) is 0.711. The molecule has 0 aliphatic carbocycles. The first-order valence-corrected chi connectivity index (χ1v) is 10.3. The van der Waals surface area contributed by atoms with Crippen molar-refractivity contribution in [3.05, 3.63) is 45.1 Å². The number of nitrogens with zero attached hydrogens (tertiary/aromatic N) is 3. The number of benzene rings is 1. The average Bonchev–Trinajstić information content (AvgIpc) is 2.75. The zero-order chi connectivity index (χ0) is 21.7. The van der Waals surface area contributed by atoms with E-state index in [9.17, 15) is 14.4 Å². The molecule has 3 rings (SSSR count). The van der Waals surface area contributed by atoms with Gasteiger partial charge in [-0.2, -0.15) is 0 Å². The molecule has 1 amide bonds. The number of aromatic nitrogens is 2. The van der Waals surface area contributed by atoms with Crippen LogP contribution in [0.1, 0.15) is 32.6 Å². The molecular formula is C21H29N5O4. The van der Waals surface area contributed by atoms with Gasteiger partial charge in [0.25, 0.3) is 5.56 Å². The van der Waals surface area contributed by atoms with Gasteiger partial charge in [-0.05, 0) is 37.8 Å².